The largest absolute Gasteiger partial charge is 0.353 e. The van der Waals surface area contributed by atoms with Crippen LogP contribution < -0.4 is 4.90 Å². The Labute approximate surface area is 177 Å². The molecule has 0 bridgehead atoms. The van der Waals surface area contributed by atoms with E-state index in [2.05, 4.69) is 28.3 Å². The Kier molecular flexibility index (Phi) is 6.43. The van der Waals surface area contributed by atoms with Crippen molar-refractivity contribution in [1.82, 2.24) is 19.4 Å². The molecule has 0 radical (unpaired) electrons. The van der Waals surface area contributed by atoms with Crippen molar-refractivity contribution in [3.05, 3.63) is 35.8 Å². The van der Waals surface area contributed by atoms with Gasteiger partial charge < -0.3 is 14.4 Å². The minimum absolute atomic E-state index is 0.212. The fraction of sp³-hybridized carbons (Fsp3) is 0.591. The van der Waals surface area contributed by atoms with Gasteiger partial charge in [0.25, 0.3) is 0 Å². The Morgan fingerprint density at radius 1 is 1.10 bits per heavy atom. The van der Waals surface area contributed by atoms with Crippen LogP contribution >= 0.6 is 11.8 Å². The molecule has 29 heavy (non-hydrogen) atoms. The Morgan fingerprint density at radius 2 is 1.86 bits per heavy atom. The lowest BCUT2D eigenvalue weighted by molar-refractivity contribution is -0.128. The van der Waals surface area contributed by atoms with E-state index in [0.29, 0.717) is 11.8 Å². The number of carbonyl (C=O) groups excluding carboxylic acids is 1. The summed E-state index contributed by atoms with van der Waals surface area (Å²) in [6, 6.07) is 6.52. The lowest BCUT2D eigenvalue weighted by Crippen LogP contribution is -2.49. The molecule has 1 saturated carbocycles. The van der Waals surface area contributed by atoms with Gasteiger partial charge in [0, 0.05) is 44.1 Å². The maximum Gasteiger partial charge on any atom is 0.233 e. The topological polar surface area (TPSA) is 54.3 Å². The first kappa shape index (κ1) is 20.3. The van der Waals surface area contributed by atoms with Crippen molar-refractivity contribution < 1.29 is 4.79 Å². The smallest absolute Gasteiger partial charge is 0.233 e. The van der Waals surface area contributed by atoms with Gasteiger partial charge in [0.1, 0.15) is 5.82 Å². The average molecular weight is 414 g/mol. The number of piperazine rings is 1. The van der Waals surface area contributed by atoms with Crippen LogP contribution in [0.4, 0.5) is 5.82 Å². The standard InChI is InChI=1S/C22H31N5OS/c1-17-18(2)27(19-8-4-3-5-9-19)22(24-17)29-16-21(28)26-14-12-25(13-15-26)20-10-6-7-11-23-20/h6-7,10-11,19H,3-5,8-9,12-16H2,1-2H3. The molecule has 2 aromatic heterocycles. The van der Waals surface area contributed by atoms with Gasteiger partial charge in [0.05, 0.1) is 11.4 Å². The zero-order valence-corrected chi connectivity index (χ0v) is 18.3. The predicted octanol–water partition coefficient (Wildman–Crippen LogP) is 3.84. The van der Waals surface area contributed by atoms with Gasteiger partial charge in [0.15, 0.2) is 5.16 Å². The number of hydrogen-bond acceptors (Lipinski definition) is 5. The van der Waals surface area contributed by atoms with Crippen LogP contribution in [0.1, 0.15) is 49.5 Å². The van der Waals surface area contributed by atoms with Crippen LogP contribution in [0.25, 0.3) is 0 Å². The quantitative estimate of drug-likeness (QED) is 0.697. The van der Waals surface area contributed by atoms with Gasteiger partial charge in [-0.25, -0.2) is 9.97 Å². The monoisotopic (exact) mass is 413 g/mol. The molecule has 0 spiro atoms. The zero-order valence-electron chi connectivity index (χ0n) is 17.5. The zero-order chi connectivity index (χ0) is 20.2. The maximum absolute atomic E-state index is 12.8. The van der Waals surface area contributed by atoms with Gasteiger partial charge in [-0.05, 0) is 38.8 Å². The van der Waals surface area contributed by atoms with E-state index in [1.54, 1.807) is 11.8 Å². The number of carbonyl (C=O) groups is 1. The highest BCUT2D eigenvalue weighted by molar-refractivity contribution is 7.99. The number of amides is 1. The summed E-state index contributed by atoms with van der Waals surface area (Å²) in [6.45, 7) is 7.43. The molecule has 1 amide bonds. The van der Waals surface area contributed by atoms with Crippen molar-refractivity contribution in [2.24, 2.45) is 0 Å². The number of hydrogen-bond donors (Lipinski definition) is 0. The summed E-state index contributed by atoms with van der Waals surface area (Å²) in [6.07, 6.45) is 8.22. The van der Waals surface area contributed by atoms with Crippen molar-refractivity contribution >= 4 is 23.5 Å². The molecule has 4 rings (SSSR count). The van der Waals surface area contributed by atoms with Crippen molar-refractivity contribution in [3.63, 3.8) is 0 Å². The minimum Gasteiger partial charge on any atom is -0.353 e. The minimum atomic E-state index is 0.212. The molecule has 2 aliphatic rings. The average Bonchev–Trinajstić information content (AvgIpc) is 3.07. The van der Waals surface area contributed by atoms with Crippen molar-refractivity contribution in [1.29, 1.82) is 0 Å². The van der Waals surface area contributed by atoms with Crippen molar-refractivity contribution in [2.45, 2.75) is 57.1 Å². The van der Waals surface area contributed by atoms with E-state index in [1.807, 2.05) is 29.3 Å². The third-order valence-electron chi connectivity index (χ3n) is 6.22. The van der Waals surface area contributed by atoms with Gasteiger partial charge in [-0.2, -0.15) is 0 Å². The maximum atomic E-state index is 12.8. The summed E-state index contributed by atoms with van der Waals surface area (Å²) >= 11 is 1.61. The van der Waals surface area contributed by atoms with Gasteiger partial charge in [-0.15, -0.1) is 0 Å². The first-order valence-electron chi connectivity index (χ1n) is 10.8. The second-order valence-corrected chi connectivity index (χ2v) is 9.01. The molecule has 7 heteroatoms. The molecule has 1 saturated heterocycles. The molecule has 156 valence electrons. The Bertz CT molecular complexity index is 823. The SMILES string of the molecule is Cc1nc(SCC(=O)N2CCN(c3ccccn3)CC2)n(C2CCCCC2)c1C. The summed E-state index contributed by atoms with van der Waals surface area (Å²) in [5.41, 5.74) is 2.35. The first-order valence-corrected chi connectivity index (χ1v) is 11.7. The number of pyridine rings is 1. The number of thioether (sulfide) groups is 1. The highest BCUT2D eigenvalue weighted by Gasteiger charge is 2.25. The summed E-state index contributed by atoms with van der Waals surface area (Å²) in [7, 11) is 0. The Hall–Kier alpha value is -2.02. The van der Waals surface area contributed by atoms with Gasteiger partial charge in [-0.3, -0.25) is 4.79 Å². The summed E-state index contributed by atoms with van der Waals surface area (Å²) < 4.78 is 2.41. The van der Waals surface area contributed by atoms with Crippen LogP contribution in [0.2, 0.25) is 0 Å². The molecular weight excluding hydrogens is 382 g/mol. The Balaban J connectivity index is 1.34. The lowest BCUT2D eigenvalue weighted by Gasteiger charge is -2.35. The molecule has 1 aliphatic heterocycles. The molecule has 2 aromatic rings. The van der Waals surface area contributed by atoms with Crippen LogP contribution in [0.3, 0.4) is 0 Å². The van der Waals surface area contributed by atoms with Crippen molar-refractivity contribution in [3.8, 4) is 0 Å². The third-order valence-corrected chi connectivity index (χ3v) is 7.16. The molecular formula is C22H31N5OS. The number of aromatic nitrogens is 3. The van der Waals surface area contributed by atoms with E-state index in [9.17, 15) is 4.79 Å². The normalized spacial score (nSPS) is 18.3. The molecule has 3 heterocycles. The van der Waals surface area contributed by atoms with Gasteiger partial charge >= 0.3 is 0 Å². The van der Waals surface area contributed by atoms with Gasteiger partial charge in [-0.1, -0.05) is 37.1 Å². The highest BCUT2D eigenvalue weighted by atomic mass is 32.2. The summed E-state index contributed by atoms with van der Waals surface area (Å²) in [5, 5.41) is 1.02. The molecule has 2 fully saturated rings. The van der Waals surface area contributed by atoms with Crippen LogP contribution in [0.15, 0.2) is 29.6 Å². The second-order valence-electron chi connectivity index (χ2n) is 8.07. The van der Waals surface area contributed by atoms with E-state index < -0.39 is 0 Å². The highest BCUT2D eigenvalue weighted by Crippen LogP contribution is 2.34. The van der Waals surface area contributed by atoms with E-state index in [-0.39, 0.29) is 5.91 Å². The molecule has 0 unspecified atom stereocenters. The number of nitrogens with zero attached hydrogens (tertiary/aromatic N) is 5. The van der Waals surface area contributed by atoms with E-state index in [4.69, 9.17) is 4.98 Å². The first-order chi connectivity index (χ1) is 14.1. The van der Waals surface area contributed by atoms with E-state index in [1.165, 1.54) is 37.8 Å². The number of anilines is 1. The Morgan fingerprint density at radius 3 is 2.55 bits per heavy atom. The summed E-state index contributed by atoms with van der Waals surface area (Å²) in [4.78, 5) is 26.3. The van der Waals surface area contributed by atoms with Crippen LogP contribution in [0, 0.1) is 13.8 Å². The van der Waals surface area contributed by atoms with Crippen molar-refractivity contribution in [2.75, 3.05) is 36.8 Å². The van der Waals surface area contributed by atoms with E-state index >= 15 is 0 Å². The van der Waals surface area contributed by atoms with Crippen LogP contribution in [0.5, 0.6) is 0 Å². The molecule has 6 nitrogen and oxygen atoms in total. The number of rotatable bonds is 5. The lowest BCUT2D eigenvalue weighted by atomic mass is 9.95. The third kappa shape index (κ3) is 4.60. The predicted molar refractivity (Wildman–Crippen MR) is 118 cm³/mol. The van der Waals surface area contributed by atoms with E-state index in [0.717, 1.165) is 42.8 Å². The molecule has 0 N–H and O–H groups in total. The van der Waals surface area contributed by atoms with Crippen LogP contribution in [-0.2, 0) is 4.79 Å². The molecule has 0 aromatic carbocycles. The fourth-order valence-corrected chi connectivity index (χ4v) is 5.47. The summed E-state index contributed by atoms with van der Waals surface area (Å²) in [5.74, 6) is 1.67. The molecule has 0 atom stereocenters. The van der Waals surface area contributed by atoms with Gasteiger partial charge in [0.2, 0.25) is 5.91 Å². The number of imidazole rings is 1. The van der Waals surface area contributed by atoms with Crippen LogP contribution in [-0.4, -0.2) is 57.3 Å². The number of aryl methyl sites for hydroxylation is 1. The molecule has 1 aliphatic carbocycles. The second kappa shape index (κ2) is 9.20. The fourth-order valence-electron chi connectivity index (χ4n) is 4.41.